The highest BCUT2D eigenvalue weighted by Crippen LogP contribution is 2.45. The van der Waals surface area contributed by atoms with E-state index in [2.05, 4.69) is 30.0 Å². The molecule has 1 saturated carbocycles. The highest BCUT2D eigenvalue weighted by Gasteiger charge is 2.36. The maximum Gasteiger partial charge on any atom is 0.573 e. The molecule has 10 nitrogen and oxygen atoms in total. The number of benzene rings is 1. The number of aromatic nitrogens is 4. The van der Waals surface area contributed by atoms with E-state index >= 15 is 0 Å². The molecule has 2 fully saturated rings. The maximum absolute atomic E-state index is 13.0. The van der Waals surface area contributed by atoms with E-state index in [-0.39, 0.29) is 35.8 Å². The van der Waals surface area contributed by atoms with Gasteiger partial charge in [-0.05, 0) is 49.9 Å². The number of halogens is 3. The van der Waals surface area contributed by atoms with Crippen LogP contribution in [-0.4, -0.2) is 45.9 Å². The van der Waals surface area contributed by atoms with Gasteiger partial charge in [0, 0.05) is 36.3 Å². The summed E-state index contributed by atoms with van der Waals surface area (Å²) in [7, 11) is 0. The van der Waals surface area contributed by atoms with Gasteiger partial charge in [0.05, 0.1) is 18.3 Å². The van der Waals surface area contributed by atoms with Crippen LogP contribution in [0.1, 0.15) is 42.9 Å². The molecule has 0 radical (unpaired) electrons. The van der Waals surface area contributed by atoms with Gasteiger partial charge in [-0.25, -0.2) is 14.9 Å². The zero-order valence-corrected chi connectivity index (χ0v) is 20.6. The number of hydrogen-bond acceptors (Lipinski definition) is 9. The van der Waals surface area contributed by atoms with Gasteiger partial charge in [0.15, 0.2) is 0 Å². The van der Waals surface area contributed by atoms with Crippen molar-refractivity contribution in [2.75, 3.05) is 18.0 Å². The second kappa shape index (κ2) is 10.2. The summed E-state index contributed by atoms with van der Waals surface area (Å²) in [6.07, 6.45) is 0.0980. The van der Waals surface area contributed by atoms with Crippen molar-refractivity contribution in [1.82, 2.24) is 20.3 Å². The van der Waals surface area contributed by atoms with Crippen LogP contribution in [0, 0.1) is 0 Å². The van der Waals surface area contributed by atoms with E-state index in [1.165, 1.54) is 18.2 Å². The molecule has 204 valence electrons. The molecule has 3 aromatic heterocycles. The predicted molar refractivity (Wildman–Crippen MR) is 131 cm³/mol. The van der Waals surface area contributed by atoms with Crippen LogP contribution in [0.4, 0.5) is 19.0 Å². The van der Waals surface area contributed by atoms with Gasteiger partial charge >= 0.3 is 12.1 Å². The molecule has 4 heterocycles. The zero-order valence-electron chi connectivity index (χ0n) is 20.6. The number of piperidine rings is 1. The van der Waals surface area contributed by atoms with Crippen molar-refractivity contribution in [2.45, 2.75) is 50.7 Å². The molecule has 1 N–H and O–H groups in total. The van der Waals surface area contributed by atoms with E-state index in [0.29, 0.717) is 35.7 Å². The number of alkyl halides is 3. The predicted octanol–water partition coefficient (Wildman–Crippen LogP) is 5.04. The van der Waals surface area contributed by atoms with Crippen molar-refractivity contribution in [1.29, 1.82) is 0 Å². The highest BCUT2D eigenvalue weighted by atomic mass is 19.4. The number of anilines is 1. The Balaban J connectivity index is 1.12. The summed E-state index contributed by atoms with van der Waals surface area (Å²) < 4.78 is 60.1. The van der Waals surface area contributed by atoms with Gasteiger partial charge in [-0.1, -0.05) is 17.3 Å². The number of ether oxygens (including phenoxy) is 2. The smallest absolute Gasteiger partial charge is 0.405 e. The lowest BCUT2D eigenvalue weighted by Gasteiger charge is -2.32. The van der Waals surface area contributed by atoms with Crippen molar-refractivity contribution < 1.29 is 31.6 Å². The van der Waals surface area contributed by atoms with Gasteiger partial charge in [0.2, 0.25) is 0 Å². The van der Waals surface area contributed by atoms with Crippen LogP contribution >= 0.6 is 0 Å². The summed E-state index contributed by atoms with van der Waals surface area (Å²) in [6.45, 7) is 1.60. The summed E-state index contributed by atoms with van der Waals surface area (Å²) in [5.41, 5.74) is 1.78. The molecule has 0 amide bonds. The van der Waals surface area contributed by atoms with Gasteiger partial charge < -0.3 is 23.3 Å². The second-order valence-electron chi connectivity index (χ2n) is 9.51. The minimum atomic E-state index is -4.83. The molecule has 6 rings (SSSR count). The lowest BCUT2D eigenvalue weighted by atomic mass is 10.0. The summed E-state index contributed by atoms with van der Waals surface area (Å²) in [4.78, 5) is 17.8. The summed E-state index contributed by atoms with van der Waals surface area (Å²) in [5, 5.41) is 10.2. The molecule has 0 atom stereocenters. The Kier molecular flexibility index (Phi) is 6.59. The molecule has 1 aliphatic heterocycles. The van der Waals surface area contributed by atoms with Crippen LogP contribution in [0.15, 0.2) is 56.3 Å². The fourth-order valence-electron chi connectivity index (χ4n) is 4.72. The number of nitrogens with zero attached hydrogens (tertiary/aromatic N) is 4. The molecule has 4 aromatic rings. The number of hydrogen-bond donors (Lipinski definition) is 1. The molecule has 13 heteroatoms. The molecule has 1 aliphatic carbocycles. The average Bonchev–Trinajstić information content (AvgIpc) is 3.54. The molecule has 0 bridgehead atoms. The zero-order chi connectivity index (χ0) is 27.0. The molecular formula is C26H24F3N5O5. The van der Waals surface area contributed by atoms with Crippen molar-refractivity contribution in [3.63, 3.8) is 0 Å². The van der Waals surface area contributed by atoms with Crippen LogP contribution in [-0.2, 0) is 11.3 Å². The Morgan fingerprint density at radius 2 is 1.87 bits per heavy atom. The van der Waals surface area contributed by atoms with E-state index in [0.717, 1.165) is 31.5 Å². The van der Waals surface area contributed by atoms with E-state index in [1.54, 1.807) is 18.3 Å². The monoisotopic (exact) mass is 543 g/mol. The first kappa shape index (κ1) is 25.2. The van der Waals surface area contributed by atoms with Crippen LogP contribution in [0.5, 0.6) is 5.75 Å². The summed E-state index contributed by atoms with van der Waals surface area (Å²) in [5.74, 6) is 0.874. The van der Waals surface area contributed by atoms with E-state index < -0.39 is 12.1 Å². The molecule has 0 unspecified atom stereocenters. The van der Waals surface area contributed by atoms with Crippen molar-refractivity contribution >= 4 is 5.82 Å². The van der Waals surface area contributed by atoms with Gasteiger partial charge in [-0.15, -0.1) is 18.3 Å². The fraction of sp³-hybridized carbons (Fsp3) is 0.385. The SMILES string of the molecule is O=c1[nH]nc(-c2ccc(N3CCC(OCc4c(-c5ccccc5OC(F)(F)F)noc4C4CC4)CC3)nc2)o1. The standard InChI is InChI=1S/C26H24F3N5O5/c27-26(28,29)38-20-4-2-1-3-18(20)22-19(23(39-33-22)15-5-6-15)14-36-17-9-11-34(12-10-17)21-8-7-16(13-30-21)24-31-32-25(35)37-24/h1-4,7-8,13,15,17H,5-6,9-12,14H2,(H,32,35). The first-order valence-electron chi connectivity index (χ1n) is 12.6. The van der Waals surface area contributed by atoms with Crippen molar-refractivity contribution in [3.05, 3.63) is 64.5 Å². The third-order valence-electron chi connectivity index (χ3n) is 6.80. The number of H-pyrrole nitrogens is 1. The Hall–Kier alpha value is -4.13. The lowest BCUT2D eigenvalue weighted by Crippen LogP contribution is -2.37. The normalized spacial score (nSPS) is 16.5. The number of para-hydroxylation sites is 1. The Morgan fingerprint density at radius 3 is 2.54 bits per heavy atom. The molecule has 1 saturated heterocycles. The molecule has 2 aliphatic rings. The first-order valence-corrected chi connectivity index (χ1v) is 12.6. The lowest BCUT2D eigenvalue weighted by molar-refractivity contribution is -0.274. The Labute approximate surface area is 219 Å². The summed E-state index contributed by atoms with van der Waals surface area (Å²) in [6, 6.07) is 9.55. The van der Waals surface area contributed by atoms with E-state index in [4.69, 9.17) is 13.7 Å². The highest BCUT2D eigenvalue weighted by molar-refractivity contribution is 5.70. The first-order chi connectivity index (χ1) is 18.8. The fourth-order valence-corrected chi connectivity index (χ4v) is 4.72. The number of aromatic amines is 1. The second-order valence-corrected chi connectivity index (χ2v) is 9.51. The van der Waals surface area contributed by atoms with Crippen LogP contribution in [0.3, 0.4) is 0 Å². The van der Waals surface area contributed by atoms with E-state index in [9.17, 15) is 18.0 Å². The van der Waals surface area contributed by atoms with Gasteiger partial charge in [0.1, 0.15) is 23.0 Å². The third kappa shape index (κ3) is 5.67. The molecule has 1 aromatic carbocycles. The molecule has 39 heavy (non-hydrogen) atoms. The minimum Gasteiger partial charge on any atom is -0.405 e. The van der Waals surface area contributed by atoms with Crippen molar-refractivity contribution in [3.8, 4) is 28.5 Å². The Bertz CT molecular complexity index is 1480. The average molecular weight is 544 g/mol. The minimum absolute atomic E-state index is 0.0460. The largest absolute Gasteiger partial charge is 0.573 e. The topological polar surface area (TPSA) is 120 Å². The van der Waals surface area contributed by atoms with E-state index in [1.807, 2.05) is 6.07 Å². The van der Waals surface area contributed by atoms with Gasteiger partial charge in [-0.2, -0.15) is 0 Å². The number of pyridine rings is 1. The summed E-state index contributed by atoms with van der Waals surface area (Å²) >= 11 is 0. The van der Waals surface area contributed by atoms with Crippen LogP contribution in [0.25, 0.3) is 22.7 Å². The van der Waals surface area contributed by atoms with Gasteiger partial charge in [0.25, 0.3) is 5.89 Å². The maximum atomic E-state index is 13.0. The molecular weight excluding hydrogens is 519 g/mol. The van der Waals surface area contributed by atoms with Gasteiger partial charge in [-0.3, -0.25) is 0 Å². The Morgan fingerprint density at radius 1 is 1.08 bits per heavy atom. The van der Waals surface area contributed by atoms with Crippen molar-refractivity contribution in [2.24, 2.45) is 0 Å². The molecule has 0 spiro atoms. The van der Waals surface area contributed by atoms with Crippen LogP contribution in [0.2, 0.25) is 0 Å². The number of nitrogens with one attached hydrogen (secondary N) is 1. The quantitative estimate of drug-likeness (QED) is 0.326. The number of rotatable bonds is 8. The van der Waals surface area contributed by atoms with Crippen LogP contribution < -0.4 is 15.4 Å². The third-order valence-corrected chi connectivity index (χ3v) is 6.80.